The van der Waals surface area contributed by atoms with Crippen LogP contribution in [0.4, 0.5) is 0 Å². The summed E-state index contributed by atoms with van der Waals surface area (Å²) in [6, 6.07) is 19.2. The topological polar surface area (TPSA) is 60.2 Å². The van der Waals surface area contributed by atoms with E-state index in [1.54, 1.807) is 35.6 Å². The summed E-state index contributed by atoms with van der Waals surface area (Å²) in [4.78, 5) is 21.6. The van der Waals surface area contributed by atoms with Crippen LogP contribution in [0, 0.1) is 11.3 Å². The Bertz CT molecular complexity index is 1000. The molecule has 0 spiro atoms. The number of thiazole rings is 1. The zero-order valence-electron chi connectivity index (χ0n) is 15.4. The quantitative estimate of drug-likeness (QED) is 0.685. The second-order valence-corrected chi connectivity index (χ2v) is 7.63. The van der Waals surface area contributed by atoms with Crippen LogP contribution in [-0.2, 0) is 6.54 Å². The predicted octanol–water partition coefficient (Wildman–Crippen LogP) is 3.64. The van der Waals surface area contributed by atoms with E-state index in [1.165, 1.54) is 0 Å². The van der Waals surface area contributed by atoms with Crippen molar-refractivity contribution in [2.24, 2.45) is 0 Å². The molecule has 4 rings (SSSR count). The zero-order valence-corrected chi connectivity index (χ0v) is 16.2. The third-order valence-electron chi connectivity index (χ3n) is 4.86. The molecular weight excluding hydrogens is 368 g/mol. The van der Waals surface area contributed by atoms with Gasteiger partial charge < -0.3 is 4.90 Å². The molecule has 0 saturated carbocycles. The fourth-order valence-electron chi connectivity index (χ4n) is 3.34. The molecule has 1 fully saturated rings. The van der Waals surface area contributed by atoms with Crippen molar-refractivity contribution in [3.63, 3.8) is 0 Å². The molecule has 140 valence electrons. The number of carbonyl (C=O) groups is 1. The molecular formula is C22H20N4OS. The van der Waals surface area contributed by atoms with Gasteiger partial charge in [0.1, 0.15) is 5.01 Å². The van der Waals surface area contributed by atoms with Crippen molar-refractivity contribution >= 4 is 17.2 Å². The number of nitriles is 1. The lowest BCUT2D eigenvalue weighted by Crippen LogP contribution is -2.48. The number of aromatic nitrogens is 1. The smallest absolute Gasteiger partial charge is 0.253 e. The van der Waals surface area contributed by atoms with Crippen molar-refractivity contribution in [3.8, 4) is 16.6 Å². The Morgan fingerprint density at radius 2 is 1.86 bits per heavy atom. The van der Waals surface area contributed by atoms with E-state index >= 15 is 0 Å². The van der Waals surface area contributed by atoms with Gasteiger partial charge in [0.25, 0.3) is 5.91 Å². The van der Waals surface area contributed by atoms with Crippen LogP contribution >= 0.6 is 11.3 Å². The summed E-state index contributed by atoms with van der Waals surface area (Å²) in [6.07, 6.45) is 0. The minimum absolute atomic E-state index is 0.00299. The standard InChI is InChI=1S/C22H20N4OS/c23-14-17-5-4-8-19(13-17)22(27)26-11-9-25(10-12-26)15-20-16-28-21(24-20)18-6-2-1-3-7-18/h1-8,13,16H,9-12,15H2. The Balaban J connectivity index is 1.34. The van der Waals surface area contributed by atoms with E-state index in [-0.39, 0.29) is 5.91 Å². The molecule has 0 bridgehead atoms. The van der Waals surface area contributed by atoms with Crippen LogP contribution < -0.4 is 0 Å². The van der Waals surface area contributed by atoms with Gasteiger partial charge in [0.2, 0.25) is 0 Å². The van der Waals surface area contributed by atoms with E-state index in [4.69, 9.17) is 10.2 Å². The lowest BCUT2D eigenvalue weighted by Gasteiger charge is -2.34. The Labute approximate surface area is 168 Å². The van der Waals surface area contributed by atoms with Crippen LogP contribution in [0.1, 0.15) is 21.6 Å². The Morgan fingerprint density at radius 1 is 1.07 bits per heavy atom. The minimum atomic E-state index is -0.00299. The first-order valence-electron chi connectivity index (χ1n) is 9.24. The zero-order chi connectivity index (χ0) is 19.3. The second-order valence-electron chi connectivity index (χ2n) is 6.77. The van der Waals surface area contributed by atoms with Crippen molar-refractivity contribution in [1.82, 2.24) is 14.8 Å². The predicted molar refractivity (Wildman–Crippen MR) is 110 cm³/mol. The third kappa shape index (κ3) is 4.11. The summed E-state index contributed by atoms with van der Waals surface area (Å²) in [5, 5.41) is 12.2. The van der Waals surface area contributed by atoms with Crippen molar-refractivity contribution in [2.75, 3.05) is 26.2 Å². The first kappa shape index (κ1) is 18.4. The fraction of sp³-hybridized carbons (Fsp3) is 0.227. The van der Waals surface area contributed by atoms with Gasteiger partial charge in [0, 0.05) is 49.2 Å². The van der Waals surface area contributed by atoms with Gasteiger partial charge in [-0.1, -0.05) is 36.4 Å². The van der Waals surface area contributed by atoms with Gasteiger partial charge in [0.05, 0.1) is 17.3 Å². The highest BCUT2D eigenvalue weighted by Crippen LogP contribution is 2.24. The average Bonchev–Trinajstić information content (AvgIpc) is 3.23. The monoisotopic (exact) mass is 388 g/mol. The van der Waals surface area contributed by atoms with Crippen LogP contribution in [0.2, 0.25) is 0 Å². The molecule has 0 N–H and O–H groups in total. The van der Waals surface area contributed by atoms with Gasteiger partial charge >= 0.3 is 0 Å². The van der Waals surface area contributed by atoms with Gasteiger partial charge in [-0.05, 0) is 18.2 Å². The molecule has 2 heterocycles. The highest BCUT2D eigenvalue weighted by Gasteiger charge is 2.23. The first-order valence-corrected chi connectivity index (χ1v) is 10.1. The summed E-state index contributed by atoms with van der Waals surface area (Å²) in [5.74, 6) is -0.00299. The summed E-state index contributed by atoms with van der Waals surface area (Å²) >= 11 is 1.67. The molecule has 0 radical (unpaired) electrons. The highest BCUT2D eigenvalue weighted by molar-refractivity contribution is 7.13. The lowest BCUT2D eigenvalue weighted by atomic mass is 10.1. The number of carbonyl (C=O) groups excluding carboxylic acids is 1. The number of piperazine rings is 1. The molecule has 1 aromatic heterocycles. The molecule has 0 unspecified atom stereocenters. The van der Waals surface area contributed by atoms with Crippen LogP contribution in [0.5, 0.6) is 0 Å². The van der Waals surface area contributed by atoms with Gasteiger partial charge in [0.15, 0.2) is 0 Å². The molecule has 2 aromatic carbocycles. The van der Waals surface area contributed by atoms with Crippen molar-refractivity contribution in [3.05, 3.63) is 76.8 Å². The van der Waals surface area contributed by atoms with E-state index in [9.17, 15) is 4.79 Å². The average molecular weight is 388 g/mol. The summed E-state index contributed by atoms with van der Waals surface area (Å²) < 4.78 is 0. The molecule has 1 saturated heterocycles. The molecule has 1 aliphatic rings. The largest absolute Gasteiger partial charge is 0.336 e. The number of nitrogens with zero attached hydrogens (tertiary/aromatic N) is 4. The van der Waals surface area contributed by atoms with E-state index in [0.29, 0.717) is 24.2 Å². The maximum absolute atomic E-state index is 12.7. The van der Waals surface area contributed by atoms with Gasteiger partial charge in [-0.25, -0.2) is 4.98 Å². The number of rotatable bonds is 4. The SMILES string of the molecule is N#Cc1cccc(C(=O)N2CCN(Cc3csc(-c4ccccc4)n3)CC2)c1. The van der Waals surface area contributed by atoms with E-state index in [1.807, 2.05) is 23.1 Å². The van der Waals surface area contributed by atoms with Crippen molar-refractivity contribution in [2.45, 2.75) is 6.54 Å². The number of amides is 1. The van der Waals surface area contributed by atoms with Crippen LogP contribution in [-0.4, -0.2) is 46.9 Å². The number of hydrogen-bond acceptors (Lipinski definition) is 5. The van der Waals surface area contributed by atoms with Gasteiger partial charge in [-0.2, -0.15) is 5.26 Å². The lowest BCUT2D eigenvalue weighted by molar-refractivity contribution is 0.0627. The maximum atomic E-state index is 12.7. The first-order chi connectivity index (χ1) is 13.7. The summed E-state index contributed by atoms with van der Waals surface area (Å²) in [5.41, 5.74) is 3.32. The second kappa shape index (κ2) is 8.34. The van der Waals surface area contributed by atoms with E-state index in [0.717, 1.165) is 35.9 Å². The fourth-order valence-corrected chi connectivity index (χ4v) is 4.15. The van der Waals surface area contributed by atoms with Gasteiger partial charge in [-0.15, -0.1) is 11.3 Å². The van der Waals surface area contributed by atoms with Crippen LogP contribution in [0.3, 0.4) is 0 Å². The molecule has 0 aliphatic carbocycles. The Kier molecular flexibility index (Phi) is 5.47. The van der Waals surface area contributed by atoms with Crippen LogP contribution in [0.15, 0.2) is 60.0 Å². The van der Waals surface area contributed by atoms with Crippen LogP contribution in [0.25, 0.3) is 10.6 Å². The summed E-state index contributed by atoms with van der Waals surface area (Å²) in [7, 11) is 0. The highest BCUT2D eigenvalue weighted by atomic mass is 32.1. The van der Waals surface area contributed by atoms with E-state index in [2.05, 4.69) is 28.5 Å². The molecule has 6 heteroatoms. The third-order valence-corrected chi connectivity index (χ3v) is 5.80. The number of benzene rings is 2. The minimum Gasteiger partial charge on any atom is -0.336 e. The van der Waals surface area contributed by atoms with E-state index < -0.39 is 0 Å². The maximum Gasteiger partial charge on any atom is 0.253 e. The normalized spacial score (nSPS) is 14.6. The molecule has 1 amide bonds. The Hall–Kier alpha value is -3.01. The van der Waals surface area contributed by atoms with Gasteiger partial charge in [-0.3, -0.25) is 9.69 Å². The Morgan fingerprint density at radius 3 is 2.61 bits per heavy atom. The van der Waals surface area contributed by atoms with Crippen molar-refractivity contribution in [1.29, 1.82) is 5.26 Å². The number of hydrogen-bond donors (Lipinski definition) is 0. The molecule has 1 aliphatic heterocycles. The molecule has 3 aromatic rings. The molecule has 28 heavy (non-hydrogen) atoms. The molecule has 5 nitrogen and oxygen atoms in total. The summed E-state index contributed by atoms with van der Waals surface area (Å²) in [6.45, 7) is 3.82. The van der Waals surface area contributed by atoms with Crippen molar-refractivity contribution < 1.29 is 4.79 Å². The molecule has 0 atom stereocenters.